The number of hydrogen-bond donors (Lipinski definition) is 0. The van der Waals surface area contributed by atoms with Gasteiger partial charge in [-0.05, 0) is 39.5 Å². The van der Waals surface area contributed by atoms with Gasteiger partial charge in [-0.1, -0.05) is 25.3 Å². The molecule has 0 heterocycles. The van der Waals surface area contributed by atoms with Gasteiger partial charge in [-0.3, -0.25) is 4.79 Å². The van der Waals surface area contributed by atoms with E-state index in [1.807, 2.05) is 0 Å². The van der Waals surface area contributed by atoms with E-state index in [0.29, 0.717) is 18.8 Å². The SMILES string of the molecule is CC=C(C(=O)OCC)C(C(=O)OCC)C1CCCCC1. The molecule has 0 bridgehead atoms. The van der Waals surface area contributed by atoms with Gasteiger partial charge in [0.25, 0.3) is 0 Å². The first-order valence-corrected chi connectivity index (χ1v) is 7.65. The van der Waals surface area contributed by atoms with Crippen molar-refractivity contribution in [1.29, 1.82) is 0 Å². The predicted molar refractivity (Wildman–Crippen MR) is 77.1 cm³/mol. The molecule has 0 spiro atoms. The Morgan fingerprint density at radius 3 is 2.20 bits per heavy atom. The third-order valence-corrected chi connectivity index (χ3v) is 3.82. The highest BCUT2D eigenvalue weighted by molar-refractivity contribution is 5.95. The fourth-order valence-electron chi connectivity index (χ4n) is 2.91. The summed E-state index contributed by atoms with van der Waals surface area (Å²) >= 11 is 0. The number of rotatable bonds is 6. The second-order valence-electron chi connectivity index (χ2n) is 5.09. The molecule has 1 unspecified atom stereocenters. The number of carbonyl (C=O) groups is 2. The van der Waals surface area contributed by atoms with E-state index in [0.717, 1.165) is 25.7 Å². The first-order valence-electron chi connectivity index (χ1n) is 7.65. The van der Waals surface area contributed by atoms with Crippen LogP contribution in [0.25, 0.3) is 0 Å². The lowest BCUT2D eigenvalue weighted by Crippen LogP contribution is -2.32. The number of carbonyl (C=O) groups excluding carboxylic acids is 2. The zero-order valence-corrected chi connectivity index (χ0v) is 12.8. The molecule has 0 aromatic carbocycles. The molecule has 1 aliphatic carbocycles. The summed E-state index contributed by atoms with van der Waals surface area (Å²) < 4.78 is 10.3. The molecule has 1 fully saturated rings. The zero-order valence-electron chi connectivity index (χ0n) is 12.8. The van der Waals surface area contributed by atoms with Crippen molar-refractivity contribution in [1.82, 2.24) is 0 Å². The van der Waals surface area contributed by atoms with Crippen LogP contribution in [0.3, 0.4) is 0 Å². The smallest absolute Gasteiger partial charge is 0.334 e. The molecule has 4 heteroatoms. The summed E-state index contributed by atoms with van der Waals surface area (Å²) in [6.07, 6.45) is 7.08. The van der Waals surface area contributed by atoms with Crippen LogP contribution in [0.4, 0.5) is 0 Å². The normalized spacial score (nSPS) is 18.4. The van der Waals surface area contributed by atoms with Crippen LogP contribution in [0.1, 0.15) is 52.9 Å². The van der Waals surface area contributed by atoms with Crippen LogP contribution in [0.2, 0.25) is 0 Å². The molecule has 1 aliphatic rings. The highest BCUT2D eigenvalue weighted by Crippen LogP contribution is 2.35. The second-order valence-corrected chi connectivity index (χ2v) is 5.09. The zero-order chi connectivity index (χ0) is 15.0. The van der Waals surface area contributed by atoms with E-state index in [1.165, 1.54) is 6.42 Å². The Labute approximate surface area is 121 Å². The molecule has 0 aromatic heterocycles. The fraction of sp³-hybridized carbons (Fsp3) is 0.750. The van der Waals surface area contributed by atoms with Crippen molar-refractivity contribution in [2.24, 2.45) is 11.8 Å². The summed E-state index contributed by atoms with van der Waals surface area (Å²) in [6.45, 7) is 5.99. The van der Waals surface area contributed by atoms with Crippen LogP contribution in [0.5, 0.6) is 0 Å². The molecule has 20 heavy (non-hydrogen) atoms. The van der Waals surface area contributed by atoms with Crippen LogP contribution in [0, 0.1) is 11.8 Å². The standard InChI is InChI=1S/C16H26O4/c1-4-13(15(17)19-5-2)14(16(18)20-6-3)12-10-8-7-9-11-12/h4,12,14H,5-11H2,1-3H3. The average Bonchev–Trinajstić information content (AvgIpc) is 2.45. The van der Waals surface area contributed by atoms with Gasteiger partial charge in [-0.25, -0.2) is 4.79 Å². The van der Waals surface area contributed by atoms with Gasteiger partial charge in [0.15, 0.2) is 0 Å². The monoisotopic (exact) mass is 282 g/mol. The van der Waals surface area contributed by atoms with E-state index < -0.39 is 11.9 Å². The van der Waals surface area contributed by atoms with E-state index in [2.05, 4.69) is 0 Å². The molecule has 0 N–H and O–H groups in total. The molecule has 0 saturated heterocycles. The Morgan fingerprint density at radius 1 is 1.10 bits per heavy atom. The number of ether oxygens (including phenoxy) is 2. The number of allylic oxidation sites excluding steroid dienone is 1. The molecular weight excluding hydrogens is 256 g/mol. The average molecular weight is 282 g/mol. The highest BCUT2D eigenvalue weighted by Gasteiger charge is 2.36. The summed E-state index contributed by atoms with van der Waals surface area (Å²) in [5.41, 5.74) is 0.456. The molecule has 1 saturated carbocycles. The van der Waals surface area contributed by atoms with Crippen molar-refractivity contribution in [3.8, 4) is 0 Å². The summed E-state index contributed by atoms with van der Waals surface area (Å²) in [7, 11) is 0. The van der Waals surface area contributed by atoms with Crippen molar-refractivity contribution < 1.29 is 19.1 Å². The van der Waals surface area contributed by atoms with Crippen LogP contribution in [-0.4, -0.2) is 25.2 Å². The lowest BCUT2D eigenvalue weighted by Gasteiger charge is -2.29. The maximum atomic E-state index is 12.3. The van der Waals surface area contributed by atoms with Gasteiger partial charge < -0.3 is 9.47 Å². The number of hydrogen-bond acceptors (Lipinski definition) is 4. The van der Waals surface area contributed by atoms with Crippen LogP contribution in [-0.2, 0) is 19.1 Å². The van der Waals surface area contributed by atoms with Crippen molar-refractivity contribution >= 4 is 11.9 Å². The quantitative estimate of drug-likeness (QED) is 0.554. The minimum Gasteiger partial charge on any atom is -0.466 e. The Morgan fingerprint density at radius 2 is 1.70 bits per heavy atom. The minimum absolute atomic E-state index is 0.193. The Balaban J connectivity index is 2.94. The number of esters is 2. The van der Waals surface area contributed by atoms with Crippen LogP contribution < -0.4 is 0 Å². The topological polar surface area (TPSA) is 52.6 Å². The molecule has 0 amide bonds. The Bertz CT molecular complexity index is 353. The molecule has 0 radical (unpaired) electrons. The minimum atomic E-state index is -0.473. The van der Waals surface area contributed by atoms with E-state index in [1.54, 1.807) is 26.8 Å². The summed E-state index contributed by atoms with van der Waals surface area (Å²) in [4.78, 5) is 24.3. The molecule has 114 valence electrons. The lowest BCUT2D eigenvalue weighted by molar-refractivity contribution is -0.152. The lowest BCUT2D eigenvalue weighted by atomic mass is 9.76. The van der Waals surface area contributed by atoms with Crippen molar-refractivity contribution in [2.75, 3.05) is 13.2 Å². The van der Waals surface area contributed by atoms with Crippen molar-refractivity contribution in [3.05, 3.63) is 11.6 Å². The van der Waals surface area contributed by atoms with Gasteiger partial charge in [0.1, 0.15) is 0 Å². The summed E-state index contributed by atoms with van der Waals surface area (Å²) in [5, 5.41) is 0. The van der Waals surface area contributed by atoms with E-state index in [9.17, 15) is 9.59 Å². The molecule has 1 atom stereocenters. The third-order valence-electron chi connectivity index (χ3n) is 3.82. The van der Waals surface area contributed by atoms with Gasteiger partial charge in [0, 0.05) is 5.57 Å². The summed E-state index contributed by atoms with van der Waals surface area (Å²) in [5.74, 6) is -0.961. The second kappa shape index (κ2) is 8.77. The maximum Gasteiger partial charge on any atom is 0.334 e. The molecule has 4 nitrogen and oxygen atoms in total. The van der Waals surface area contributed by atoms with Gasteiger partial charge in [-0.15, -0.1) is 0 Å². The van der Waals surface area contributed by atoms with Crippen LogP contribution >= 0.6 is 0 Å². The van der Waals surface area contributed by atoms with Gasteiger partial charge in [-0.2, -0.15) is 0 Å². The van der Waals surface area contributed by atoms with Gasteiger partial charge >= 0.3 is 11.9 Å². The van der Waals surface area contributed by atoms with E-state index in [4.69, 9.17) is 9.47 Å². The van der Waals surface area contributed by atoms with Crippen molar-refractivity contribution in [3.63, 3.8) is 0 Å². The third kappa shape index (κ3) is 4.36. The fourth-order valence-corrected chi connectivity index (χ4v) is 2.91. The predicted octanol–water partition coefficient (Wildman–Crippen LogP) is 3.26. The van der Waals surface area contributed by atoms with E-state index >= 15 is 0 Å². The molecule has 0 aromatic rings. The van der Waals surface area contributed by atoms with E-state index in [-0.39, 0.29) is 11.9 Å². The van der Waals surface area contributed by atoms with Crippen molar-refractivity contribution in [2.45, 2.75) is 52.9 Å². The van der Waals surface area contributed by atoms with Crippen LogP contribution in [0.15, 0.2) is 11.6 Å². The largest absolute Gasteiger partial charge is 0.466 e. The highest BCUT2D eigenvalue weighted by atomic mass is 16.5. The Kier molecular flexibility index (Phi) is 7.34. The maximum absolute atomic E-state index is 12.3. The van der Waals surface area contributed by atoms with Gasteiger partial charge in [0.2, 0.25) is 0 Å². The Hall–Kier alpha value is -1.32. The molecule has 0 aliphatic heterocycles. The van der Waals surface area contributed by atoms with Gasteiger partial charge in [0.05, 0.1) is 19.1 Å². The first kappa shape index (κ1) is 16.7. The molecular formula is C16H26O4. The summed E-state index contributed by atoms with van der Waals surface area (Å²) in [6, 6.07) is 0. The molecule has 1 rings (SSSR count). The first-order chi connectivity index (χ1) is 9.65.